The number of aromatic amines is 1. The number of nitrogens with zero attached hydrogens (tertiary/aromatic N) is 5. The van der Waals surface area contributed by atoms with E-state index >= 15 is 0 Å². The van der Waals surface area contributed by atoms with E-state index in [1.165, 1.54) is 11.2 Å². The predicted octanol–water partition coefficient (Wildman–Crippen LogP) is 1.49. The summed E-state index contributed by atoms with van der Waals surface area (Å²) >= 11 is 0. The minimum Gasteiger partial charge on any atom is -0.366 e. The fourth-order valence-corrected chi connectivity index (χ4v) is 1.41. The molecule has 0 amide bonds. The highest BCUT2D eigenvalue weighted by molar-refractivity contribution is 5.61. The van der Waals surface area contributed by atoms with Crippen molar-refractivity contribution in [3.05, 3.63) is 30.9 Å². The minimum absolute atomic E-state index is 0.569. The van der Waals surface area contributed by atoms with Crippen LogP contribution < -0.4 is 9.80 Å². The molecule has 1 N–H and O–H groups in total. The van der Waals surface area contributed by atoms with Gasteiger partial charge in [0, 0.05) is 32.6 Å². The van der Waals surface area contributed by atoms with Gasteiger partial charge >= 0.3 is 0 Å². The molecule has 0 saturated carbocycles. The van der Waals surface area contributed by atoms with Gasteiger partial charge in [0.05, 0.1) is 5.69 Å². The summed E-state index contributed by atoms with van der Waals surface area (Å²) in [7, 11) is 3.56. The third-order valence-electron chi connectivity index (χ3n) is 2.44. The SMILES string of the molecule is CN(C#N)c1cc(N(C)c2cc[nH]c2)ncn1. The predicted molar refractivity (Wildman–Crippen MR) is 64.9 cm³/mol. The maximum Gasteiger partial charge on any atom is 0.185 e. The Bertz CT molecular complexity index is 527. The Balaban J connectivity index is 2.31. The Kier molecular flexibility index (Phi) is 2.92. The third-order valence-corrected chi connectivity index (χ3v) is 2.44. The second-order valence-corrected chi connectivity index (χ2v) is 3.52. The normalized spacial score (nSPS) is 9.71. The molecular weight excluding hydrogens is 216 g/mol. The molecule has 0 aliphatic carbocycles. The quantitative estimate of drug-likeness (QED) is 0.636. The molecule has 0 fully saturated rings. The largest absolute Gasteiger partial charge is 0.366 e. The van der Waals surface area contributed by atoms with Gasteiger partial charge in [0.2, 0.25) is 0 Å². The van der Waals surface area contributed by atoms with Crippen molar-refractivity contribution in [2.45, 2.75) is 0 Å². The summed E-state index contributed by atoms with van der Waals surface area (Å²) < 4.78 is 0. The first kappa shape index (κ1) is 11.0. The number of hydrogen-bond donors (Lipinski definition) is 1. The third kappa shape index (κ3) is 2.18. The smallest absolute Gasteiger partial charge is 0.185 e. The van der Waals surface area contributed by atoms with Gasteiger partial charge in [0.1, 0.15) is 18.0 Å². The Morgan fingerprint density at radius 3 is 2.71 bits per heavy atom. The van der Waals surface area contributed by atoms with Gasteiger partial charge in [-0.1, -0.05) is 0 Å². The van der Waals surface area contributed by atoms with Gasteiger partial charge in [-0.3, -0.25) is 4.90 Å². The summed E-state index contributed by atoms with van der Waals surface area (Å²) in [5.41, 5.74) is 0.995. The van der Waals surface area contributed by atoms with Crippen molar-refractivity contribution in [3.8, 4) is 6.19 Å². The average molecular weight is 228 g/mol. The molecule has 0 aliphatic heterocycles. The molecule has 0 aromatic carbocycles. The van der Waals surface area contributed by atoms with E-state index in [0.717, 1.165) is 11.5 Å². The average Bonchev–Trinajstić information content (AvgIpc) is 2.91. The summed E-state index contributed by atoms with van der Waals surface area (Å²) in [6.45, 7) is 0. The minimum atomic E-state index is 0.569. The van der Waals surface area contributed by atoms with E-state index in [1.54, 1.807) is 13.1 Å². The summed E-state index contributed by atoms with van der Waals surface area (Å²) in [6, 6.07) is 3.70. The van der Waals surface area contributed by atoms with Crippen LogP contribution in [-0.2, 0) is 0 Å². The number of H-pyrrole nitrogens is 1. The van der Waals surface area contributed by atoms with Crippen molar-refractivity contribution in [1.29, 1.82) is 5.26 Å². The van der Waals surface area contributed by atoms with E-state index in [2.05, 4.69) is 15.0 Å². The zero-order chi connectivity index (χ0) is 12.3. The topological polar surface area (TPSA) is 71.8 Å². The molecule has 86 valence electrons. The number of nitrogens with one attached hydrogen (secondary N) is 1. The van der Waals surface area contributed by atoms with Crippen LogP contribution in [0.3, 0.4) is 0 Å². The molecule has 2 aromatic rings. The van der Waals surface area contributed by atoms with Crippen molar-refractivity contribution in [2.24, 2.45) is 0 Å². The van der Waals surface area contributed by atoms with Gasteiger partial charge in [-0.2, -0.15) is 5.26 Å². The van der Waals surface area contributed by atoms with Crippen LogP contribution in [0.4, 0.5) is 17.3 Å². The van der Waals surface area contributed by atoms with Crippen molar-refractivity contribution in [3.63, 3.8) is 0 Å². The first-order chi connectivity index (χ1) is 8.22. The van der Waals surface area contributed by atoms with Crippen LogP contribution in [0.15, 0.2) is 30.9 Å². The van der Waals surface area contributed by atoms with Crippen LogP contribution >= 0.6 is 0 Å². The van der Waals surface area contributed by atoms with Crippen LogP contribution in [0.1, 0.15) is 0 Å². The van der Waals surface area contributed by atoms with Crippen molar-refractivity contribution in [1.82, 2.24) is 15.0 Å². The van der Waals surface area contributed by atoms with E-state index in [4.69, 9.17) is 5.26 Å². The van der Waals surface area contributed by atoms with E-state index in [9.17, 15) is 0 Å². The van der Waals surface area contributed by atoms with Gasteiger partial charge in [0.15, 0.2) is 6.19 Å². The highest BCUT2D eigenvalue weighted by Crippen LogP contribution is 2.22. The summed E-state index contributed by atoms with van der Waals surface area (Å²) in [5.74, 6) is 1.30. The zero-order valence-electron chi connectivity index (χ0n) is 9.62. The molecule has 6 nitrogen and oxygen atoms in total. The van der Waals surface area contributed by atoms with E-state index < -0.39 is 0 Å². The molecule has 2 heterocycles. The number of aromatic nitrogens is 3. The highest BCUT2D eigenvalue weighted by atomic mass is 15.2. The van der Waals surface area contributed by atoms with Crippen molar-refractivity contribution in [2.75, 3.05) is 23.9 Å². The lowest BCUT2D eigenvalue weighted by Crippen LogP contribution is -2.14. The van der Waals surface area contributed by atoms with Crippen LogP contribution in [0, 0.1) is 11.5 Å². The molecule has 2 aromatic heterocycles. The number of nitriles is 1. The van der Waals surface area contributed by atoms with Gasteiger partial charge in [-0.15, -0.1) is 0 Å². The second-order valence-electron chi connectivity index (χ2n) is 3.52. The second kappa shape index (κ2) is 4.53. The Morgan fingerprint density at radius 2 is 2.06 bits per heavy atom. The van der Waals surface area contributed by atoms with Gasteiger partial charge in [0.25, 0.3) is 0 Å². The lowest BCUT2D eigenvalue weighted by Gasteiger charge is -2.17. The number of anilines is 3. The van der Waals surface area contributed by atoms with Crippen molar-refractivity contribution >= 4 is 17.3 Å². The lowest BCUT2D eigenvalue weighted by atomic mass is 10.4. The van der Waals surface area contributed by atoms with Crippen LogP contribution in [0.25, 0.3) is 0 Å². The molecule has 0 atom stereocenters. The molecular formula is C11H12N6. The molecule has 17 heavy (non-hydrogen) atoms. The highest BCUT2D eigenvalue weighted by Gasteiger charge is 2.08. The van der Waals surface area contributed by atoms with Crippen molar-refractivity contribution < 1.29 is 0 Å². The molecule has 0 unspecified atom stereocenters. The molecule has 0 aliphatic rings. The van der Waals surface area contributed by atoms with E-state index in [1.807, 2.05) is 36.6 Å². The summed E-state index contributed by atoms with van der Waals surface area (Å²) in [5, 5.41) is 8.80. The zero-order valence-corrected chi connectivity index (χ0v) is 9.62. The maximum atomic E-state index is 8.80. The van der Waals surface area contributed by atoms with E-state index in [0.29, 0.717) is 5.82 Å². The standard InChI is InChI=1S/C11H12N6/c1-16(7-12)10-5-11(15-8-14-10)17(2)9-3-4-13-6-9/h3-6,8,13H,1-2H3. The van der Waals surface area contributed by atoms with Gasteiger partial charge in [-0.05, 0) is 6.07 Å². The fraction of sp³-hybridized carbons (Fsp3) is 0.182. The van der Waals surface area contributed by atoms with Gasteiger partial charge < -0.3 is 9.88 Å². The van der Waals surface area contributed by atoms with E-state index in [-0.39, 0.29) is 0 Å². The Hall–Kier alpha value is -2.55. The summed E-state index contributed by atoms with van der Waals surface area (Å²) in [4.78, 5) is 14.5. The lowest BCUT2D eigenvalue weighted by molar-refractivity contribution is 1.04. The number of hydrogen-bond acceptors (Lipinski definition) is 5. The fourth-order valence-electron chi connectivity index (χ4n) is 1.41. The van der Waals surface area contributed by atoms with Crippen LogP contribution in [-0.4, -0.2) is 29.0 Å². The molecule has 0 bridgehead atoms. The molecule has 0 radical (unpaired) electrons. The molecule has 0 saturated heterocycles. The first-order valence-corrected chi connectivity index (χ1v) is 5.04. The molecule has 2 rings (SSSR count). The maximum absolute atomic E-state index is 8.80. The van der Waals surface area contributed by atoms with Crippen LogP contribution in [0.2, 0.25) is 0 Å². The van der Waals surface area contributed by atoms with Gasteiger partial charge in [-0.25, -0.2) is 9.97 Å². The summed E-state index contributed by atoms with van der Waals surface area (Å²) in [6.07, 6.45) is 7.16. The van der Waals surface area contributed by atoms with Crippen LogP contribution in [0.5, 0.6) is 0 Å². The molecule has 6 heteroatoms. The molecule has 0 spiro atoms. The number of rotatable bonds is 3. The first-order valence-electron chi connectivity index (χ1n) is 5.04. The Labute approximate surface area is 99.1 Å². The monoisotopic (exact) mass is 228 g/mol. The Morgan fingerprint density at radius 1 is 1.29 bits per heavy atom.